The molecule has 0 unspecified atom stereocenters. The molecule has 0 aliphatic rings. The monoisotopic (exact) mass is 380 g/mol. The van der Waals surface area contributed by atoms with Crippen molar-refractivity contribution in [1.29, 1.82) is 0 Å². The van der Waals surface area contributed by atoms with E-state index in [1.807, 2.05) is 0 Å². The van der Waals surface area contributed by atoms with Crippen LogP contribution in [0.1, 0.15) is 11.3 Å². The van der Waals surface area contributed by atoms with E-state index >= 15 is 0 Å². The molecule has 2 N–H and O–H groups in total. The van der Waals surface area contributed by atoms with E-state index in [1.54, 1.807) is 18.2 Å². The Balaban J connectivity index is 1.97. The SMILES string of the molecule is OCc1cccc(NCc2ccc(OC(F)(F)[C@H](F)C(F)(F)F)cc2)n1. The van der Waals surface area contributed by atoms with Crippen LogP contribution in [0.4, 0.5) is 32.2 Å². The molecular formula is C16H14F6N2O2. The summed E-state index contributed by atoms with van der Waals surface area (Å²) in [6.45, 7) is -0.00387. The molecule has 0 amide bonds. The molecule has 1 aromatic carbocycles. The fourth-order valence-corrected chi connectivity index (χ4v) is 1.93. The van der Waals surface area contributed by atoms with E-state index in [-0.39, 0.29) is 13.2 Å². The Labute approximate surface area is 144 Å². The third-order valence-corrected chi connectivity index (χ3v) is 3.20. The molecule has 0 radical (unpaired) electrons. The van der Waals surface area contributed by atoms with Gasteiger partial charge in [-0.1, -0.05) is 18.2 Å². The van der Waals surface area contributed by atoms with Gasteiger partial charge in [-0.3, -0.25) is 0 Å². The summed E-state index contributed by atoms with van der Waals surface area (Å²) in [6.07, 6.45) is -15.2. The van der Waals surface area contributed by atoms with Crippen molar-refractivity contribution in [1.82, 2.24) is 4.98 Å². The zero-order valence-corrected chi connectivity index (χ0v) is 13.1. The van der Waals surface area contributed by atoms with Gasteiger partial charge in [0.25, 0.3) is 6.17 Å². The van der Waals surface area contributed by atoms with Crippen LogP contribution in [0.2, 0.25) is 0 Å². The van der Waals surface area contributed by atoms with E-state index in [0.29, 0.717) is 17.1 Å². The predicted molar refractivity (Wildman–Crippen MR) is 80.5 cm³/mol. The number of nitrogens with zero attached hydrogens (tertiary/aromatic N) is 1. The summed E-state index contributed by atoms with van der Waals surface area (Å²) in [5.74, 6) is -0.139. The van der Waals surface area contributed by atoms with Crippen molar-refractivity contribution in [2.24, 2.45) is 0 Å². The fraction of sp³-hybridized carbons (Fsp3) is 0.312. The number of benzene rings is 1. The highest BCUT2D eigenvalue weighted by molar-refractivity contribution is 5.37. The highest BCUT2D eigenvalue weighted by Crippen LogP contribution is 2.36. The second-order valence-corrected chi connectivity index (χ2v) is 5.24. The van der Waals surface area contributed by atoms with Gasteiger partial charge >= 0.3 is 12.3 Å². The molecule has 1 atom stereocenters. The first-order chi connectivity index (χ1) is 12.1. The van der Waals surface area contributed by atoms with Crippen LogP contribution in [0.3, 0.4) is 0 Å². The van der Waals surface area contributed by atoms with Crippen molar-refractivity contribution >= 4 is 5.82 Å². The van der Waals surface area contributed by atoms with Gasteiger partial charge in [-0.25, -0.2) is 9.37 Å². The van der Waals surface area contributed by atoms with Crippen molar-refractivity contribution in [3.05, 3.63) is 53.7 Å². The van der Waals surface area contributed by atoms with Gasteiger partial charge in [0, 0.05) is 6.54 Å². The molecule has 10 heteroatoms. The maximum Gasteiger partial charge on any atom is 0.439 e. The van der Waals surface area contributed by atoms with Crippen molar-refractivity contribution in [2.75, 3.05) is 5.32 Å². The normalized spacial score (nSPS) is 13.3. The van der Waals surface area contributed by atoms with Gasteiger partial charge in [-0.05, 0) is 29.8 Å². The number of aliphatic hydroxyl groups is 1. The molecule has 0 aliphatic carbocycles. The van der Waals surface area contributed by atoms with Crippen molar-refractivity contribution in [3.8, 4) is 5.75 Å². The van der Waals surface area contributed by atoms with Crippen LogP contribution in [0.15, 0.2) is 42.5 Å². The van der Waals surface area contributed by atoms with Crippen LogP contribution in [0, 0.1) is 0 Å². The number of hydrogen-bond acceptors (Lipinski definition) is 4. The molecule has 1 aromatic heterocycles. The number of aliphatic hydroxyl groups excluding tert-OH is 1. The second kappa shape index (κ2) is 7.81. The number of nitrogens with one attached hydrogen (secondary N) is 1. The van der Waals surface area contributed by atoms with Crippen LogP contribution < -0.4 is 10.1 Å². The standard InChI is InChI=1S/C16H14F6N2O2/c17-14(15(18,19)20)16(21,22)26-12-6-4-10(5-7-12)8-23-13-3-1-2-11(9-25)24-13/h1-7,14,25H,8-9H2,(H,23,24)/t14-/m1/s1. The number of anilines is 1. The average Bonchev–Trinajstić information content (AvgIpc) is 2.59. The zero-order valence-electron chi connectivity index (χ0n) is 13.1. The van der Waals surface area contributed by atoms with E-state index in [4.69, 9.17) is 5.11 Å². The van der Waals surface area contributed by atoms with Crippen LogP contribution in [-0.4, -0.2) is 28.5 Å². The van der Waals surface area contributed by atoms with E-state index in [1.165, 1.54) is 12.1 Å². The van der Waals surface area contributed by atoms with Crippen LogP contribution >= 0.6 is 0 Å². The lowest BCUT2D eigenvalue weighted by molar-refractivity contribution is -0.304. The summed E-state index contributed by atoms with van der Waals surface area (Å²) in [4.78, 5) is 4.08. The van der Waals surface area contributed by atoms with Gasteiger partial charge < -0.3 is 15.2 Å². The third-order valence-electron chi connectivity index (χ3n) is 3.20. The average molecular weight is 380 g/mol. The fourth-order valence-electron chi connectivity index (χ4n) is 1.93. The number of alkyl halides is 6. The molecule has 0 bridgehead atoms. The van der Waals surface area contributed by atoms with Crippen molar-refractivity contribution in [3.63, 3.8) is 0 Å². The summed E-state index contributed by atoms with van der Waals surface area (Å²) in [5.41, 5.74) is 1.04. The number of pyridine rings is 1. The minimum absolute atomic E-state index is 0.229. The van der Waals surface area contributed by atoms with Crippen LogP contribution in [0.5, 0.6) is 5.75 Å². The Kier molecular flexibility index (Phi) is 5.96. The summed E-state index contributed by atoms with van der Waals surface area (Å²) in [5, 5.41) is 11.9. The topological polar surface area (TPSA) is 54.4 Å². The summed E-state index contributed by atoms with van der Waals surface area (Å²) in [6, 6.07) is 9.61. The van der Waals surface area contributed by atoms with E-state index < -0.39 is 24.2 Å². The van der Waals surface area contributed by atoms with Gasteiger partial charge in [0.2, 0.25) is 0 Å². The first-order valence-electron chi connectivity index (χ1n) is 7.29. The Hall–Kier alpha value is -2.49. The van der Waals surface area contributed by atoms with Gasteiger partial charge in [0.15, 0.2) is 0 Å². The molecular weight excluding hydrogens is 366 g/mol. The van der Waals surface area contributed by atoms with Crippen molar-refractivity contribution in [2.45, 2.75) is 31.6 Å². The largest absolute Gasteiger partial charge is 0.439 e. The molecule has 26 heavy (non-hydrogen) atoms. The minimum atomic E-state index is -5.73. The van der Waals surface area contributed by atoms with Crippen LogP contribution in [0.25, 0.3) is 0 Å². The Morgan fingerprint density at radius 2 is 1.69 bits per heavy atom. The predicted octanol–water partition coefficient (Wildman–Crippen LogP) is 4.06. The molecule has 142 valence electrons. The number of hydrogen-bond donors (Lipinski definition) is 2. The smallest absolute Gasteiger partial charge is 0.430 e. The minimum Gasteiger partial charge on any atom is -0.430 e. The first-order valence-corrected chi connectivity index (χ1v) is 7.29. The highest BCUT2D eigenvalue weighted by atomic mass is 19.4. The Morgan fingerprint density at radius 3 is 2.27 bits per heavy atom. The molecule has 0 aliphatic heterocycles. The number of halogens is 6. The van der Waals surface area contributed by atoms with Gasteiger partial charge in [0.1, 0.15) is 11.6 Å². The summed E-state index contributed by atoms with van der Waals surface area (Å²) < 4.78 is 79.2. The van der Waals surface area contributed by atoms with E-state index in [2.05, 4.69) is 15.0 Å². The van der Waals surface area contributed by atoms with E-state index in [9.17, 15) is 26.3 Å². The zero-order chi connectivity index (χ0) is 19.4. The molecule has 0 saturated carbocycles. The number of ether oxygens (including phenoxy) is 1. The lowest BCUT2D eigenvalue weighted by Gasteiger charge is -2.23. The number of rotatable bonds is 7. The van der Waals surface area contributed by atoms with Crippen LogP contribution in [-0.2, 0) is 13.2 Å². The molecule has 0 saturated heterocycles. The van der Waals surface area contributed by atoms with E-state index in [0.717, 1.165) is 12.1 Å². The molecule has 1 heterocycles. The number of aromatic nitrogens is 1. The maximum atomic E-state index is 13.2. The quantitative estimate of drug-likeness (QED) is 0.712. The second-order valence-electron chi connectivity index (χ2n) is 5.24. The van der Waals surface area contributed by atoms with Gasteiger partial charge in [-0.2, -0.15) is 22.0 Å². The van der Waals surface area contributed by atoms with Gasteiger partial charge in [0.05, 0.1) is 12.3 Å². The highest BCUT2D eigenvalue weighted by Gasteiger charge is 2.59. The third kappa shape index (κ3) is 5.25. The Bertz CT molecular complexity index is 721. The Morgan fingerprint density at radius 1 is 1.04 bits per heavy atom. The first kappa shape index (κ1) is 19.8. The molecule has 4 nitrogen and oxygen atoms in total. The lowest BCUT2D eigenvalue weighted by Crippen LogP contribution is -2.45. The lowest BCUT2D eigenvalue weighted by atomic mass is 10.2. The summed E-state index contributed by atoms with van der Waals surface area (Å²) in [7, 11) is 0. The molecule has 2 aromatic rings. The molecule has 0 fully saturated rings. The summed E-state index contributed by atoms with van der Waals surface area (Å²) >= 11 is 0. The molecule has 0 spiro atoms. The van der Waals surface area contributed by atoms with Crippen molar-refractivity contribution < 1.29 is 36.2 Å². The molecule has 2 rings (SSSR count). The van der Waals surface area contributed by atoms with Gasteiger partial charge in [-0.15, -0.1) is 0 Å². The maximum absolute atomic E-state index is 13.2.